The minimum Gasteiger partial charge on any atom is -0.457 e. The summed E-state index contributed by atoms with van der Waals surface area (Å²) in [5.74, 6) is 0.917. The predicted molar refractivity (Wildman–Crippen MR) is 70.7 cm³/mol. The fraction of sp³-hybridized carbons (Fsp3) is 0. The second-order valence-corrected chi connectivity index (χ2v) is 4.02. The number of rotatable bonds is 4. The molecule has 2 aromatic rings. The number of nitro groups is 1. The van der Waals surface area contributed by atoms with E-state index >= 15 is 0 Å². The number of hydrogen-bond acceptors (Lipinski definition) is 4. The second-order valence-electron chi connectivity index (χ2n) is 3.65. The van der Waals surface area contributed by atoms with Gasteiger partial charge in [0, 0.05) is 23.8 Å². The molecule has 0 spiro atoms. The largest absolute Gasteiger partial charge is 0.457 e. The van der Waals surface area contributed by atoms with Crippen LogP contribution in [-0.4, -0.2) is 10.2 Å². The van der Waals surface area contributed by atoms with Gasteiger partial charge in [-0.15, -0.1) is 0 Å². The number of furan rings is 1. The first-order valence-electron chi connectivity index (χ1n) is 5.28. The first kappa shape index (κ1) is 13.0. The SMILES string of the molecule is O=C(Cl)C=Cc1ccc(-c2cccc([N+](=O)[O-])c2)o1. The van der Waals surface area contributed by atoms with E-state index in [1.165, 1.54) is 18.2 Å². The van der Waals surface area contributed by atoms with Crippen LogP contribution in [0, 0.1) is 10.1 Å². The van der Waals surface area contributed by atoms with Crippen LogP contribution in [0.4, 0.5) is 5.69 Å². The van der Waals surface area contributed by atoms with E-state index in [4.69, 9.17) is 16.0 Å². The summed E-state index contributed by atoms with van der Waals surface area (Å²) in [6, 6.07) is 9.40. The molecule has 0 bridgehead atoms. The van der Waals surface area contributed by atoms with Gasteiger partial charge in [-0.05, 0) is 29.8 Å². The maximum atomic E-state index is 10.7. The van der Waals surface area contributed by atoms with Gasteiger partial charge in [-0.3, -0.25) is 14.9 Å². The van der Waals surface area contributed by atoms with Crippen molar-refractivity contribution in [3.05, 3.63) is 58.3 Å². The Kier molecular flexibility index (Phi) is 3.77. The molecule has 0 fully saturated rings. The minimum absolute atomic E-state index is 0.0121. The van der Waals surface area contributed by atoms with Crippen molar-refractivity contribution < 1.29 is 14.1 Å². The standard InChI is InChI=1S/C13H8ClNO4/c14-13(16)7-5-11-4-6-12(19-11)9-2-1-3-10(8-9)15(17)18/h1-8H. The van der Waals surface area contributed by atoms with Crippen LogP contribution in [0.25, 0.3) is 17.4 Å². The van der Waals surface area contributed by atoms with Crippen LogP contribution >= 0.6 is 11.6 Å². The Hall–Kier alpha value is -2.40. The maximum absolute atomic E-state index is 10.7. The zero-order chi connectivity index (χ0) is 13.8. The van der Waals surface area contributed by atoms with Gasteiger partial charge < -0.3 is 4.42 Å². The molecule has 19 heavy (non-hydrogen) atoms. The highest BCUT2D eigenvalue weighted by Gasteiger charge is 2.09. The Morgan fingerprint density at radius 1 is 1.32 bits per heavy atom. The van der Waals surface area contributed by atoms with E-state index in [1.54, 1.807) is 24.3 Å². The zero-order valence-corrected chi connectivity index (χ0v) is 10.3. The Balaban J connectivity index is 2.30. The third-order valence-corrected chi connectivity index (χ3v) is 2.47. The molecule has 1 heterocycles. The molecule has 1 aromatic heterocycles. The van der Waals surface area contributed by atoms with E-state index < -0.39 is 10.2 Å². The summed E-state index contributed by atoms with van der Waals surface area (Å²) in [6.07, 6.45) is 2.59. The van der Waals surface area contributed by atoms with E-state index in [-0.39, 0.29) is 5.69 Å². The molecule has 96 valence electrons. The topological polar surface area (TPSA) is 73.3 Å². The third-order valence-electron chi connectivity index (χ3n) is 2.35. The van der Waals surface area contributed by atoms with Crippen molar-refractivity contribution in [1.82, 2.24) is 0 Å². The lowest BCUT2D eigenvalue weighted by atomic mass is 10.1. The minimum atomic E-state index is -0.603. The van der Waals surface area contributed by atoms with E-state index in [0.29, 0.717) is 17.1 Å². The molecule has 0 atom stereocenters. The number of hydrogen-bond donors (Lipinski definition) is 0. The predicted octanol–water partition coefficient (Wildman–Crippen LogP) is 3.63. The Labute approximate surface area is 113 Å². The van der Waals surface area contributed by atoms with Crippen molar-refractivity contribution in [3.63, 3.8) is 0 Å². The number of nitrogens with zero attached hydrogens (tertiary/aromatic N) is 1. The van der Waals surface area contributed by atoms with Gasteiger partial charge in [-0.2, -0.15) is 0 Å². The van der Waals surface area contributed by atoms with Crippen molar-refractivity contribution in [2.24, 2.45) is 0 Å². The van der Waals surface area contributed by atoms with Gasteiger partial charge in [-0.25, -0.2) is 0 Å². The van der Waals surface area contributed by atoms with Crippen LogP contribution in [-0.2, 0) is 4.79 Å². The summed E-state index contributed by atoms with van der Waals surface area (Å²) >= 11 is 5.16. The van der Waals surface area contributed by atoms with E-state index in [0.717, 1.165) is 6.08 Å². The van der Waals surface area contributed by atoms with Gasteiger partial charge in [0.15, 0.2) is 0 Å². The molecule has 1 aromatic carbocycles. The molecule has 6 heteroatoms. The maximum Gasteiger partial charge on any atom is 0.270 e. The van der Waals surface area contributed by atoms with Crippen LogP contribution in [0.1, 0.15) is 5.76 Å². The normalized spacial score (nSPS) is 10.8. The fourth-order valence-corrected chi connectivity index (χ4v) is 1.58. The van der Waals surface area contributed by atoms with Crippen LogP contribution in [0.5, 0.6) is 0 Å². The molecule has 0 saturated carbocycles. The smallest absolute Gasteiger partial charge is 0.270 e. The lowest BCUT2D eigenvalue weighted by Gasteiger charge is -1.96. The van der Waals surface area contributed by atoms with Crippen LogP contribution in [0.15, 0.2) is 46.9 Å². The van der Waals surface area contributed by atoms with Gasteiger partial charge in [0.05, 0.1) is 4.92 Å². The van der Waals surface area contributed by atoms with Crippen molar-refractivity contribution in [2.75, 3.05) is 0 Å². The first-order chi connectivity index (χ1) is 9.06. The Bertz CT molecular complexity index is 660. The molecular formula is C13H8ClNO4. The lowest BCUT2D eigenvalue weighted by Crippen LogP contribution is -1.87. The number of carbonyl (C=O) groups is 1. The molecule has 0 unspecified atom stereocenters. The highest BCUT2D eigenvalue weighted by Crippen LogP contribution is 2.26. The fourth-order valence-electron chi connectivity index (χ4n) is 1.52. The first-order valence-corrected chi connectivity index (χ1v) is 5.66. The highest BCUT2D eigenvalue weighted by atomic mass is 35.5. The number of allylic oxidation sites excluding steroid dienone is 1. The van der Waals surface area contributed by atoms with Gasteiger partial charge in [0.2, 0.25) is 5.24 Å². The number of carbonyl (C=O) groups excluding carboxylic acids is 1. The Morgan fingerprint density at radius 2 is 2.11 bits per heavy atom. The number of halogens is 1. The molecule has 0 radical (unpaired) electrons. The molecule has 2 rings (SSSR count). The van der Waals surface area contributed by atoms with Crippen molar-refractivity contribution in [3.8, 4) is 11.3 Å². The van der Waals surface area contributed by atoms with Gasteiger partial charge in [0.25, 0.3) is 5.69 Å². The number of nitro benzene ring substituents is 1. The Morgan fingerprint density at radius 3 is 2.79 bits per heavy atom. The number of benzene rings is 1. The highest BCUT2D eigenvalue weighted by molar-refractivity contribution is 6.66. The summed E-state index contributed by atoms with van der Waals surface area (Å²) in [4.78, 5) is 20.8. The lowest BCUT2D eigenvalue weighted by molar-refractivity contribution is -0.384. The summed E-state index contributed by atoms with van der Waals surface area (Å²) in [5.41, 5.74) is 0.577. The molecule has 0 aliphatic carbocycles. The van der Waals surface area contributed by atoms with Gasteiger partial charge in [0.1, 0.15) is 11.5 Å². The molecule has 0 aliphatic heterocycles. The van der Waals surface area contributed by atoms with Gasteiger partial charge >= 0.3 is 0 Å². The van der Waals surface area contributed by atoms with E-state index in [1.807, 2.05) is 0 Å². The molecule has 0 aliphatic rings. The molecular weight excluding hydrogens is 270 g/mol. The van der Waals surface area contributed by atoms with Gasteiger partial charge in [-0.1, -0.05) is 12.1 Å². The van der Waals surface area contributed by atoms with E-state index in [2.05, 4.69) is 0 Å². The van der Waals surface area contributed by atoms with Crippen molar-refractivity contribution in [2.45, 2.75) is 0 Å². The summed E-state index contributed by atoms with van der Waals surface area (Å²) in [6.45, 7) is 0. The molecule has 0 amide bonds. The second kappa shape index (κ2) is 5.49. The van der Waals surface area contributed by atoms with Crippen molar-refractivity contribution in [1.29, 1.82) is 0 Å². The van der Waals surface area contributed by atoms with E-state index in [9.17, 15) is 14.9 Å². The van der Waals surface area contributed by atoms with Crippen LogP contribution < -0.4 is 0 Å². The summed E-state index contributed by atoms with van der Waals surface area (Å²) < 4.78 is 5.43. The van der Waals surface area contributed by atoms with Crippen molar-refractivity contribution >= 4 is 28.6 Å². The summed E-state index contributed by atoms with van der Waals surface area (Å²) in [5, 5.41) is 10.1. The monoisotopic (exact) mass is 277 g/mol. The van der Waals surface area contributed by atoms with Crippen LogP contribution in [0.3, 0.4) is 0 Å². The molecule has 0 saturated heterocycles. The zero-order valence-electron chi connectivity index (χ0n) is 9.58. The summed E-state index contributed by atoms with van der Waals surface area (Å²) in [7, 11) is 0. The molecule has 0 N–H and O–H groups in total. The number of non-ortho nitro benzene ring substituents is 1. The quantitative estimate of drug-likeness (QED) is 0.370. The average molecular weight is 278 g/mol. The average Bonchev–Trinajstić information content (AvgIpc) is 2.85. The third kappa shape index (κ3) is 3.29. The molecule has 5 nitrogen and oxygen atoms in total. The van der Waals surface area contributed by atoms with Crippen LogP contribution in [0.2, 0.25) is 0 Å².